The van der Waals surface area contributed by atoms with Crippen LogP contribution >= 0.6 is 0 Å². The molecule has 3 nitrogen and oxygen atoms in total. The molecule has 1 aliphatic carbocycles. The van der Waals surface area contributed by atoms with E-state index in [0.29, 0.717) is 13.0 Å². The fourth-order valence-corrected chi connectivity index (χ4v) is 2.27. The number of rotatable bonds is 1. The van der Waals surface area contributed by atoms with Crippen molar-refractivity contribution in [2.24, 2.45) is 11.3 Å². The monoisotopic (exact) mass is 191 g/mol. The van der Waals surface area contributed by atoms with E-state index in [9.17, 15) is 13.6 Å². The summed E-state index contributed by atoms with van der Waals surface area (Å²) in [5.74, 6) is -4.47. The maximum atomic E-state index is 13.3. The Bertz CT molecular complexity index is 257. The van der Waals surface area contributed by atoms with Crippen molar-refractivity contribution in [3.05, 3.63) is 0 Å². The molecule has 74 valence electrons. The molecular formula is C8H11F2NO2. The van der Waals surface area contributed by atoms with Gasteiger partial charge in [0.2, 0.25) is 0 Å². The van der Waals surface area contributed by atoms with Gasteiger partial charge in [-0.3, -0.25) is 4.79 Å². The van der Waals surface area contributed by atoms with Crippen molar-refractivity contribution in [1.29, 1.82) is 0 Å². The van der Waals surface area contributed by atoms with Crippen LogP contribution in [-0.2, 0) is 9.53 Å². The quantitative estimate of drug-likeness (QED) is 0.610. The zero-order chi connectivity index (χ0) is 9.69. The number of alkyl halides is 2. The molecule has 0 aromatic heterocycles. The molecule has 2 unspecified atom stereocenters. The first-order chi connectivity index (χ1) is 6.07. The van der Waals surface area contributed by atoms with Crippen LogP contribution in [0, 0.1) is 11.3 Å². The Hall–Kier alpha value is -0.710. The van der Waals surface area contributed by atoms with Gasteiger partial charge in [0, 0.05) is 12.5 Å². The van der Waals surface area contributed by atoms with Crippen molar-refractivity contribution in [2.75, 3.05) is 20.2 Å². The second kappa shape index (κ2) is 2.41. The predicted octanol–water partition coefficient (Wildman–Crippen LogP) is 0.404. The maximum absolute atomic E-state index is 13.3. The van der Waals surface area contributed by atoms with Gasteiger partial charge in [-0.05, 0) is 13.0 Å². The van der Waals surface area contributed by atoms with Crippen molar-refractivity contribution in [3.63, 3.8) is 0 Å². The summed E-state index contributed by atoms with van der Waals surface area (Å²) in [6.45, 7) is 0.594. The highest BCUT2D eigenvalue weighted by molar-refractivity contribution is 5.83. The van der Waals surface area contributed by atoms with Crippen LogP contribution < -0.4 is 5.32 Å². The van der Waals surface area contributed by atoms with E-state index in [4.69, 9.17) is 0 Å². The van der Waals surface area contributed by atoms with Gasteiger partial charge < -0.3 is 10.1 Å². The number of esters is 1. The van der Waals surface area contributed by atoms with Gasteiger partial charge in [-0.15, -0.1) is 0 Å². The third-order valence-electron chi connectivity index (χ3n) is 3.11. The van der Waals surface area contributed by atoms with Gasteiger partial charge >= 0.3 is 5.97 Å². The van der Waals surface area contributed by atoms with Crippen LogP contribution in [0.15, 0.2) is 0 Å². The van der Waals surface area contributed by atoms with Gasteiger partial charge in [-0.25, -0.2) is 8.78 Å². The third kappa shape index (κ3) is 0.829. The molecule has 2 aliphatic rings. The Balaban J connectivity index is 2.26. The van der Waals surface area contributed by atoms with Crippen molar-refractivity contribution in [3.8, 4) is 0 Å². The van der Waals surface area contributed by atoms with Crippen molar-refractivity contribution in [2.45, 2.75) is 12.3 Å². The van der Waals surface area contributed by atoms with Crippen LogP contribution in [0.1, 0.15) is 6.42 Å². The number of hydrogen-bond donors (Lipinski definition) is 1. The Kier molecular flexibility index (Phi) is 1.64. The van der Waals surface area contributed by atoms with Crippen LogP contribution in [0.2, 0.25) is 0 Å². The van der Waals surface area contributed by atoms with E-state index >= 15 is 0 Å². The summed E-state index contributed by atoms with van der Waals surface area (Å²) >= 11 is 0. The summed E-state index contributed by atoms with van der Waals surface area (Å²) in [7, 11) is 1.15. The van der Waals surface area contributed by atoms with Crippen LogP contribution in [-0.4, -0.2) is 32.1 Å². The first-order valence-corrected chi connectivity index (χ1v) is 4.24. The lowest BCUT2D eigenvalue weighted by atomic mass is 9.99. The lowest BCUT2D eigenvalue weighted by Crippen LogP contribution is -2.39. The molecule has 0 spiro atoms. The SMILES string of the molecule is COC(=O)C12CNCCC1C2(F)F. The fourth-order valence-electron chi connectivity index (χ4n) is 2.27. The molecule has 1 heterocycles. The lowest BCUT2D eigenvalue weighted by Gasteiger charge is -2.18. The Morgan fingerprint density at radius 2 is 2.31 bits per heavy atom. The van der Waals surface area contributed by atoms with E-state index < -0.39 is 23.2 Å². The number of ether oxygens (including phenoxy) is 1. The molecule has 2 atom stereocenters. The van der Waals surface area contributed by atoms with Gasteiger partial charge in [0.05, 0.1) is 7.11 Å². The summed E-state index contributed by atoms with van der Waals surface area (Å²) in [6, 6.07) is 0. The average Bonchev–Trinajstić information content (AvgIpc) is 2.65. The number of fused-ring (bicyclic) bond motifs is 1. The number of carbonyl (C=O) groups excluding carboxylic acids is 1. The second-order valence-electron chi connectivity index (χ2n) is 3.60. The lowest BCUT2D eigenvalue weighted by molar-refractivity contribution is -0.151. The Morgan fingerprint density at radius 1 is 1.62 bits per heavy atom. The van der Waals surface area contributed by atoms with E-state index in [1.807, 2.05) is 0 Å². The highest BCUT2D eigenvalue weighted by Gasteiger charge is 2.85. The summed E-state index contributed by atoms with van der Waals surface area (Å²) in [6.07, 6.45) is 0.349. The van der Waals surface area contributed by atoms with Crippen LogP contribution in [0.3, 0.4) is 0 Å². The average molecular weight is 191 g/mol. The maximum Gasteiger partial charge on any atom is 0.319 e. The minimum absolute atomic E-state index is 0.0390. The molecule has 13 heavy (non-hydrogen) atoms. The topological polar surface area (TPSA) is 38.3 Å². The summed E-state index contributed by atoms with van der Waals surface area (Å²) < 4.78 is 30.9. The van der Waals surface area contributed by atoms with Gasteiger partial charge in [0.25, 0.3) is 5.92 Å². The molecule has 1 aliphatic heterocycles. The summed E-state index contributed by atoms with van der Waals surface area (Å²) in [5, 5.41) is 2.81. The smallest absolute Gasteiger partial charge is 0.319 e. The minimum atomic E-state index is -2.87. The Labute approximate surface area is 74.4 Å². The van der Waals surface area contributed by atoms with Crippen molar-refractivity contribution < 1.29 is 18.3 Å². The first-order valence-electron chi connectivity index (χ1n) is 4.24. The van der Waals surface area contributed by atoms with Gasteiger partial charge in [0.15, 0.2) is 5.41 Å². The summed E-state index contributed by atoms with van der Waals surface area (Å²) in [4.78, 5) is 11.2. The molecule has 1 saturated heterocycles. The van der Waals surface area contributed by atoms with Crippen LogP contribution in [0.4, 0.5) is 8.78 Å². The molecule has 0 aromatic rings. The zero-order valence-corrected chi connectivity index (χ0v) is 7.27. The molecule has 0 radical (unpaired) electrons. The van der Waals surface area contributed by atoms with Gasteiger partial charge in [-0.2, -0.15) is 0 Å². The van der Waals surface area contributed by atoms with Gasteiger partial charge in [-0.1, -0.05) is 0 Å². The molecule has 0 amide bonds. The van der Waals surface area contributed by atoms with E-state index in [-0.39, 0.29) is 6.54 Å². The largest absolute Gasteiger partial charge is 0.468 e. The Morgan fingerprint density at radius 3 is 2.85 bits per heavy atom. The number of hydrogen-bond acceptors (Lipinski definition) is 3. The summed E-state index contributed by atoms with van der Waals surface area (Å²) in [5.41, 5.74) is -1.56. The highest BCUT2D eigenvalue weighted by atomic mass is 19.3. The molecular weight excluding hydrogens is 180 g/mol. The number of halogens is 2. The molecule has 0 bridgehead atoms. The van der Waals surface area contributed by atoms with E-state index in [0.717, 1.165) is 7.11 Å². The third-order valence-corrected chi connectivity index (χ3v) is 3.11. The molecule has 5 heteroatoms. The molecule has 1 saturated carbocycles. The number of carbonyl (C=O) groups is 1. The van der Waals surface area contributed by atoms with E-state index in [2.05, 4.69) is 10.1 Å². The molecule has 0 aromatic carbocycles. The number of methoxy groups -OCH3 is 1. The molecule has 2 fully saturated rings. The zero-order valence-electron chi connectivity index (χ0n) is 7.27. The highest BCUT2D eigenvalue weighted by Crippen LogP contribution is 2.68. The molecule has 1 N–H and O–H groups in total. The van der Waals surface area contributed by atoms with Crippen molar-refractivity contribution in [1.82, 2.24) is 5.32 Å². The second-order valence-corrected chi connectivity index (χ2v) is 3.60. The van der Waals surface area contributed by atoms with Crippen molar-refractivity contribution >= 4 is 5.97 Å². The van der Waals surface area contributed by atoms with E-state index in [1.165, 1.54) is 0 Å². The van der Waals surface area contributed by atoms with Gasteiger partial charge in [0.1, 0.15) is 0 Å². The predicted molar refractivity (Wildman–Crippen MR) is 40.4 cm³/mol. The number of nitrogens with one attached hydrogen (secondary N) is 1. The minimum Gasteiger partial charge on any atom is -0.468 e. The number of piperidine rings is 1. The first kappa shape index (κ1) is 8.87. The van der Waals surface area contributed by atoms with Crippen LogP contribution in [0.25, 0.3) is 0 Å². The van der Waals surface area contributed by atoms with Crippen LogP contribution in [0.5, 0.6) is 0 Å². The standard InChI is InChI=1S/C8H11F2NO2/c1-13-6(12)7-4-11-3-2-5(7)8(7,9)10/h5,11H,2-4H2,1H3. The fraction of sp³-hybridized carbons (Fsp3) is 0.875. The molecule has 2 rings (SSSR count). The van der Waals surface area contributed by atoms with E-state index in [1.54, 1.807) is 0 Å². The normalized spacial score (nSPS) is 40.7.